The van der Waals surface area contributed by atoms with Gasteiger partial charge in [0.2, 0.25) is 0 Å². The number of nitrogens with one attached hydrogen (secondary N) is 1. The van der Waals surface area contributed by atoms with Crippen LogP contribution in [0.15, 0.2) is 36.4 Å². The number of esters is 1. The normalized spacial score (nSPS) is 11.7. The standard InChI is InChI=1S/C19H16N4O3S/c1-11(21)15(9-20)16(24)10-26-19(25)17-8-14-12(2)22-23(18(14)27-17)13-6-4-3-5-7-13/h3-8,15,21H,10H2,1-2H3/t15-/m0/s1. The lowest BCUT2D eigenvalue weighted by atomic mass is 10.0. The number of para-hydroxylation sites is 1. The molecule has 2 aromatic heterocycles. The molecule has 0 saturated carbocycles. The second-order valence-electron chi connectivity index (χ2n) is 5.95. The van der Waals surface area contributed by atoms with Crippen molar-refractivity contribution in [2.75, 3.05) is 6.61 Å². The van der Waals surface area contributed by atoms with Crippen molar-refractivity contribution in [3.63, 3.8) is 0 Å². The highest BCUT2D eigenvalue weighted by Crippen LogP contribution is 2.30. The van der Waals surface area contributed by atoms with Crippen LogP contribution < -0.4 is 0 Å². The fraction of sp³-hybridized carbons (Fsp3) is 0.211. The maximum Gasteiger partial charge on any atom is 0.348 e. The molecule has 0 fully saturated rings. The third-order valence-electron chi connectivity index (χ3n) is 3.98. The molecule has 0 aliphatic rings. The molecule has 27 heavy (non-hydrogen) atoms. The molecule has 0 aliphatic heterocycles. The van der Waals surface area contributed by atoms with E-state index in [0.29, 0.717) is 4.88 Å². The van der Waals surface area contributed by atoms with Crippen molar-refractivity contribution in [3.8, 4) is 11.8 Å². The number of fused-ring (bicyclic) bond motifs is 1. The lowest BCUT2D eigenvalue weighted by Crippen LogP contribution is -2.25. The average Bonchev–Trinajstić information content (AvgIpc) is 3.21. The van der Waals surface area contributed by atoms with Crippen molar-refractivity contribution in [1.29, 1.82) is 10.7 Å². The van der Waals surface area contributed by atoms with Crippen molar-refractivity contribution in [3.05, 3.63) is 47.0 Å². The Morgan fingerprint density at radius 2 is 2.07 bits per heavy atom. The number of ether oxygens (including phenoxy) is 1. The van der Waals surface area contributed by atoms with Crippen LogP contribution in [-0.4, -0.2) is 33.9 Å². The summed E-state index contributed by atoms with van der Waals surface area (Å²) in [6.07, 6.45) is 0. The molecule has 2 heterocycles. The van der Waals surface area contributed by atoms with Gasteiger partial charge in [-0.2, -0.15) is 10.4 Å². The lowest BCUT2D eigenvalue weighted by Gasteiger charge is -2.06. The van der Waals surface area contributed by atoms with Gasteiger partial charge in [0.1, 0.15) is 15.6 Å². The first-order chi connectivity index (χ1) is 12.9. The number of aryl methyl sites for hydroxylation is 1. The molecule has 1 aromatic carbocycles. The van der Waals surface area contributed by atoms with Gasteiger partial charge in [0.15, 0.2) is 12.4 Å². The molecule has 0 spiro atoms. The van der Waals surface area contributed by atoms with Crippen LogP contribution in [0.4, 0.5) is 0 Å². The predicted molar refractivity (Wildman–Crippen MR) is 101 cm³/mol. The number of ketones is 1. The van der Waals surface area contributed by atoms with E-state index in [1.807, 2.05) is 37.3 Å². The van der Waals surface area contributed by atoms with Crippen LogP contribution in [-0.2, 0) is 9.53 Å². The van der Waals surface area contributed by atoms with E-state index in [9.17, 15) is 9.59 Å². The van der Waals surface area contributed by atoms with Crippen LogP contribution in [0.2, 0.25) is 0 Å². The molecule has 0 radical (unpaired) electrons. The Bertz CT molecular complexity index is 1080. The van der Waals surface area contributed by atoms with E-state index in [2.05, 4.69) is 5.10 Å². The number of thiophene rings is 1. The third kappa shape index (κ3) is 3.64. The topological polar surface area (TPSA) is 109 Å². The molecule has 8 heteroatoms. The molecule has 0 bridgehead atoms. The maximum absolute atomic E-state index is 12.3. The van der Waals surface area contributed by atoms with Crippen molar-refractivity contribution >= 4 is 39.0 Å². The van der Waals surface area contributed by atoms with Crippen LogP contribution in [0.5, 0.6) is 0 Å². The minimum atomic E-state index is -1.19. The van der Waals surface area contributed by atoms with Gasteiger partial charge >= 0.3 is 5.97 Å². The number of hydrogen-bond donors (Lipinski definition) is 1. The first-order valence-electron chi connectivity index (χ1n) is 8.11. The monoisotopic (exact) mass is 380 g/mol. The van der Waals surface area contributed by atoms with E-state index in [1.54, 1.807) is 16.8 Å². The zero-order chi connectivity index (χ0) is 19.6. The summed E-state index contributed by atoms with van der Waals surface area (Å²) < 4.78 is 6.82. The summed E-state index contributed by atoms with van der Waals surface area (Å²) in [4.78, 5) is 25.4. The summed E-state index contributed by atoms with van der Waals surface area (Å²) in [7, 11) is 0. The van der Waals surface area contributed by atoms with Crippen LogP contribution in [0.25, 0.3) is 15.9 Å². The number of hydrogen-bond acceptors (Lipinski definition) is 7. The van der Waals surface area contributed by atoms with Crippen LogP contribution in [0.3, 0.4) is 0 Å². The second-order valence-corrected chi connectivity index (χ2v) is 6.98. The van der Waals surface area contributed by atoms with Crippen molar-refractivity contribution in [2.24, 2.45) is 5.92 Å². The van der Waals surface area contributed by atoms with Gasteiger partial charge in [-0.25, -0.2) is 9.48 Å². The average molecular weight is 380 g/mol. The predicted octanol–water partition coefficient (Wildman–Crippen LogP) is 3.30. The van der Waals surface area contributed by atoms with Gasteiger partial charge < -0.3 is 10.1 Å². The van der Waals surface area contributed by atoms with Gasteiger partial charge in [0.25, 0.3) is 0 Å². The minimum absolute atomic E-state index is 0.0704. The molecular formula is C19H16N4O3S. The smallest absolute Gasteiger partial charge is 0.348 e. The molecule has 1 N–H and O–H groups in total. The molecule has 3 aromatic rings. The highest BCUT2D eigenvalue weighted by Gasteiger charge is 2.23. The molecular weight excluding hydrogens is 364 g/mol. The highest BCUT2D eigenvalue weighted by molar-refractivity contribution is 7.20. The number of Topliss-reactive ketones (excluding diaryl/α,β-unsaturated/α-hetero) is 1. The van der Waals surface area contributed by atoms with E-state index in [0.717, 1.165) is 21.6 Å². The van der Waals surface area contributed by atoms with Crippen LogP contribution in [0.1, 0.15) is 22.3 Å². The summed E-state index contributed by atoms with van der Waals surface area (Å²) >= 11 is 1.23. The SMILES string of the molecule is CC(=N)[C@H](C#N)C(=O)COC(=O)c1cc2c(C)nn(-c3ccccc3)c2s1. The minimum Gasteiger partial charge on any atom is -0.453 e. The zero-order valence-corrected chi connectivity index (χ0v) is 15.5. The molecule has 0 aliphatic carbocycles. The Morgan fingerprint density at radius 1 is 1.37 bits per heavy atom. The van der Waals surface area contributed by atoms with Crippen molar-refractivity contribution in [1.82, 2.24) is 9.78 Å². The number of benzene rings is 1. The molecule has 0 saturated heterocycles. The Hall–Kier alpha value is -3.31. The van der Waals surface area contributed by atoms with Gasteiger partial charge in [-0.1, -0.05) is 18.2 Å². The third-order valence-corrected chi connectivity index (χ3v) is 5.07. The fourth-order valence-electron chi connectivity index (χ4n) is 2.59. The van der Waals surface area contributed by atoms with Gasteiger partial charge in [0, 0.05) is 11.1 Å². The summed E-state index contributed by atoms with van der Waals surface area (Å²) in [5.41, 5.74) is 1.59. The Balaban J connectivity index is 1.82. The summed E-state index contributed by atoms with van der Waals surface area (Å²) in [6.45, 7) is 2.69. The van der Waals surface area contributed by atoms with Gasteiger partial charge in [0.05, 0.1) is 17.5 Å². The van der Waals surface area contributed by atoms with E-state index >= 15 is 0 Å². The summed E-state index contributed by atoms with van der Waals surface area (Å²) in [5.74, 6) is -2.43. The Morgan fingerprint density at radius 3 is 2.70 bits per heavy atom. The Labute approximate surface area is 159 Å². The molecule has 0 amide bonds. The highest BCUT2D eigenvalue weighted by atomic mass is 32.1. The van der Waals surface area contributed by atoms with E-state index < -0.39 is 24.3 Å². The van der Waals surface area contributed by atoms with Crippen LogP contribution in [0, 0.1) is 29.6 Å². The zero-order valence-electron chi connectivity index (χ0n) is 14.7. The number of rotatable bonds is 6. The van der Waals surface area contributed by atoms with Crippen LogP contribution >= 0.6 is 11.3 Å². The molecule has 3 rings (SSSR count). The van der Waals surface area contributed by atoms with Gasteiger partial charge in [-0.05, 0) is 32.0 Å². The number of carbonyl (C=O) groups is 2. The summed E-state index contributed by atoms with van der Waals surface area (Å²) in [5, 5.41) is 21.7. The lowest BCUT2D eigenvalue weighted by molar-refractivity contribution is -0.122. The molecule has 1 atom stereocenters. The van der Waals surface area contributed by atoms with Crippen molar-refractivity contribution < 1.29 is 14.3 Å². The second kappa shape index (κ2) is 7.51. The first-order valence-corrected chi connectivity index (χ1v) is 8.93. The van der Waals surface area contributed by atoms with E-state index in [1.165, 1.54) is 18.3 Å². The number of carbonyl (C=O) groups excluding carboxylic acids is 2. The molecule has 0 unspecified atom stereocenters. The quantitative estimate of drug-likeness (QED) is 0.521. The first kappa shape index (κ1) is 18.5. The fourth-order valence-corrected chi connectivity index (χ4v) is 3.67. The van der Waals surface area contributed by atoms with E-state index in [4.69, 9.17) is 15.4 Å². The van der Waals surface area contributed by atoms with Gasteiger partial charge in [-0.3, -0.25) is 4.79 Å². The van der Waals surface area contributed by atoms with Crippen molar-refractivity contribution in [2.45, 2.75) is 13.8 Å². The number of nitriles is 1. The maximum atomic E-state index is 12.3. The molecule has 136 valence electrons. The Kier molecular flexibility index (Phi) is 5.14. The largest absolute Gasteiger partial charge is 0.453 e. The summed E-state index contributed by atoms with van der Waals surface area (Å²) in [6, 6.07) is 13.0. The van der Waals surface area contributed by atoms with Gasteiger partial charge in [-0.15, -0.1) is 11.3 Å². The molecule has 7 nitrogen and oxygen atoms in total. The number of aromatic nitrogens is 2. The van der Waals surface area contributed by atoms with E-state index in [-0.39, 0.29) is 5.71 Å². The number of nitrogens with zero attached hydrogens (tertiary/aromatic N) is 3.